The number of aliphatic imine (C=N–C) groups is 1. The van der Waals surface area contributed by atoms with Crippen molar-refractivity contribution in [3.8, 4) is 0 Å². The maximum Gasteiger partial charge on any atom is 0.193 e. The van der Waals surface area contributed by atoms with Gasteiger partial charge in [-0.05, 0) is 45.4 Å². The molecule has 0 spiro atoms. The number of guanidine groups is 1. The second kappa shape index (κ2) is 11.7. The van der Waals surface area contributed by atoms with Crippen LogP contribution in [0, 0.1) is 0 Å². The Bertz CT molecular complexity index is 808. The number of hydrogen-bond acceptors (Lipinski definition) is 5. The Morgan fingerprint density at radius 3 is 2.35 bits per heavy atom. The second-order valence-electron chi connectivity index (χ2n) is 8.85. The molecule has 0 radical (unpaired) electrons. The van der Waals surface area contributed by atoms with Crippen molar-refractivity contribution in [2.45, 2.75) is 31.4 Å². The van der Waals surface area contributed by atoms with E-state index in [1.165, 1.54) is 5.69 Å². The van der Waals surface area contributed by atoms with Gasteiger partial charge in [-0.3, -0.25) is 9.89 Å². The number of anilines is 1. The van der Waals surface area contributed by atoms with Gasteiger partial charge < -0.3 is 15.1 Å². The Kier molecular flexibility index (Phi) is 9.88. The molecule has 7 nitrogen and oxygen atoms in total. The molecule has 2 saturated heterocycles. The summed E-state index contributed by atoms with van der Waals surface area (Å²) in [5.41, 5.74) is 1.32. The van der Waals surface area contributed by atoms with Gasteiger partial charge in [0, 0.05) is 58.5 Å². The van der Waals surface area contributed by atoms with Gasteiger partial charge in [0.05, 0.1) is 10.5 Å². The minimum atomic E-state index is -3.03. The first-order chi connectivity index (χ1) is 14.3. The first-order valence-corrected chi connectivity index (χ1v) is 12.7. The van der Waals surface area contributed by atoms with Crippen molar-refractivity contribution in [2.24, 2.45) is 4.99 Å². The minimum absolute atomic E-state index is 0. The van der Waals surface area contributed by atoms with E-state index >= 15 is 0 Å². The highest BCUT2D eigenvalue weighted by Gasteiger charge is 2.40. The van der Waals surface area contributed by atoms with Crippen LogP contribution < -0.4 is 10.2 Å². The van der Waals surface area contributed by atoms with Crippen molar-refractivity contribution in [3.63, 3.8) is 0 Å². The Balaban J connectivity index is 0.00000341. The normalized spacial score (nSPS) is 21.5. The van der Waals surface area contributed by atoms with Crippen LogP contribution in [0.2, 0.25) is 0 Å². The summed E-state index contributed by atoms with van der Waals surface area (Å²) in [5, 5.41) is 3.42. The zero-order chi connectivity index (χ0) is 21.6. The van der Waals surface area contributed by atoms with E-state index < -0.39 is 14.6 Å². The summed E-state index contributed by atoms with van der Waals surface area (Å²) in [6, 6.07) is 10.6. The number of benzene rings is 1. The molecule has 2 aliphatic heterocycles. The molecule has 9 heteroatoms. The summed E-state index contributed by atoms with van der Waals surface area (Å²) in [6.07, 6.45) is 2.22. The van der Waals surface area contributed by atoms with E-state index in [1.807, 2.05) is 0 Å². The highest BCUT2D eigenvalue weighted by Crippen LogP contribution is 2.23. The van der Waals surface area contributed by atoms with Crippen LogP contribution in [0.15, 0.2) is 35.3 Å². The lowest BCUT2D eigenvalue weighted by atomic mass is 10.2. The molecule has 1 aromatic carbocycles. The van der Waals surface area contributed by atoms with Crippen LogP contribution in [-0.2, 0) is 9.84 Å². The van der Waals surface area contributed by atoms with Gasteiger partial charge in [0.1, 0.15) is 0 Å². The van der Waals surface area contributed by atoms with E-state index in [-0.39, 0.29) is 29.7 Å². The molecule has 0 aliphatic carbocycles. The monoisotopic (exact) mass is 563 g/mol. The van der Waals surface area contributed by atoms with Crippen LogP contribution in [0.4, 0.5) is 5.69 Å². The average Bonchev–Trinajstić information content (AvgIpc) is 2.74. The number of halogens is 1. The molecule has 0 saturated carbocycles. The number of nitrogens with one attached hydrogen (secondary N) is 1. The number of nitrogens with zero attached hydrogens (tertiary/aromatic N) is 4. The van der Waals surface area contributed by atoms with E-state index in [4.69, 9.17) is 0 Å². The molecule has 2 heterocycles. The standard InChI is InChI=1S/C22H37N5O2S.HI/c1-22(2)19-27(17-18-30(22,28)29)21(23-3)24-11-7-8-12-25-13-15-26(16-14-25)20-9-5-4-6-10-20;/h4-6,9-10H,7-8,11-19H2,1-3H3,(H,23,24);1H. The number of sulfone groups is 1. The van der Waals surface area contributed by atoms with E-state index in [9.17, 15) is 8.42 Å². The van der Waals surface area contributed by atoms with Crippen LogP contribution in [0.1, 0.15) is 26.7 Å². The molecule has 0 aromatic heterocycles. The molecule has 31 heavy (non-hydrogen) atoms. The third-order valence-corrected chi connectivity index (χ3v) is 8.77. The Hall–Kier alpha value is -1.07. The van der Waals surface area contributed by atoms with Crippen molar-refractivity contribution in [1.29, 1.82) is 0 Å². The lowest BCUT2D eigenvalue weighted by molar-refractivity contribution is 0.253. The fourth-order valence-electron chi connectivity index (χ4n) is 4.19. The smallest absolute Gasteiger partial charge is 0.193 e. The molecule has 0 atom stereocenters. The first-order valence-electron chi connectivity index (χ1n) is 11.0. The number of hydrogen-bond donors (Lipinski definition) is 1. The van der Waals surface area contributed by atoms with E-state index in [0.29, 0.717) is 13.1 Å². The van der Waals surface area contributed by atoms with Crippen molar-refractivity contribution in [3.05, 3.63) is 30.3 Å². The van der Waals surface area contributed by atoms with Crippen LogP contribution in [-0.4, -0.2) is 94.1 Å². The van der Waals surface area contributed by atoms with E-state index in [1.54, 1.807) is 20.9 Å². The van der Waals surface area contributed by atoms with Crippen LogP contribution in [0.5, 0.6) is 0 Å². The average molecular weight is 564 g/mol. The Morgan fingerprint density at radius 2 is 1.74 bits per heavy atom. The van der Waals surface area contributed by atoms with Crippen molar-refractivity contribution in [2.75, 3.05) is 70.1 Å². The van der Waals surface area contributed by atoms with Crippen molar-refractivity contribution in [1.82, 2.24) is 15.1 Å². The molecular weight excluding hydrogens is 525 g/mol. The van der Waals surface area contributed by atoms with Gasteiger partial charge in [0.25, 0.3) is 0 Å². The molecule has 0 unspecified atom stereocenters. The minimum Gasteiger partial charge on any atom is -0.369 e. The second-order valence-corrected chi connectivity index (χ2v) is 11.6. The maximum atomic E-state index is 12.2. The highest BCUT2D eigenvalue weighted by molar-refractivity contribution is 14.0. The third kappa shape index (κ3) is 6.95. The van der Waals surface area contributed by atoms with Crippen molar-refractivity contribution < 1.29 is 8.42 Å². The van der Waals surface area contributed by atoms with E-state index in [2.05, 4.69) is 55.3 Å². The molecule has 2 fully saturated rings. The predicted octanol–water partition coefficient (Wildman–Crippen LogP) is 2.29. The molecular formula is C22H38IN5O2S. The maximum absolute atomic E-state index is 12.2. The summed E-state index contributed by atoms with van der Waals surface area (Å²) >= 11 is 0. The molecule has 3 rings (SSSR count). The van der Waals surface area contributed by atoms with E-state index in [0.717, 1.165) is 58.1 Å². The van der Waals surface area contributed by atoms with Crippen LogP contribution >= 0.6 is 24.0 Å². The highest BCUT2D eigenvalue weighted by atomic mass is 127. The van der Waals surface area contributed by atoms with Gasteiger partial charge in [-0.2, -0.15) is 0 Å². The molecule has 1 aromatic rings. The van der Waals surface area contributed by atoms with Gasteiger partial charge in [-0.15, -0.1) is 24.0 Å². The van der Waals surface area contributed by atoms with Gasteiger partial charge in [-0.1, -0.05) is 18.2 Å². The van der Waals surface area contributed by atoms with Gasteiger partial charge >= 0.3 is 0 Å². The summed E-state index contributed by atoms with van der Waals surface area (Å²) < 4.78 is 23.7. The SMILES string of the molecule is CN=C(NCCCCN1CCN(c2ccccc2)CC1)N1CCS(=O)(=O)C(C)(C)C1.I. The fourth-order valence-corrected chi connectivity index (χ4v) is 5.55. The lowest BCUT2D eigenvalue weighted by Crippen LogP contribution is -2.57. The molecule has 0 amide bonds. The largest absolute Gasteiger partial charge is 0.369 e. The number of unbranched alkanes of at least 4 members (excludes halogenated alkanes) is 1. The summed E-state index contributed by atoms with van der Waals surface area (Å²) in [4.78, 5) is 11.5. The fraction of sp³-hybridized carbons (Fsp3) is 0.682. The molecule has 176 valence electrons. The summed E-state index contributed by atoms with van der Waals surface area (Å²) in [7, 11) is -1.26. The van der Waals surface area contributed by atoms with Crippen LogP contribution in [0.25, 0.3) is 0 Å². The van der Waals surface area contributed by atoms with Gasteiger partial charge in [0.15, 0.2) is 15.8 Å². The zero-order valence-electron chi connectivity index (χ0n) is 19.1. The molecule has 0 bridgehead atoms. The Morgan fingerprint density at radius 1 is 1.06 bits per heavy atom. The first kappa shape index (κ1) is 26.2. The number of piperazine rings is 1. The lowest BCUT2D eigenvalue weighted by Gasteiger charge is -2.39. The summed E-state index contributed by atoms with van der Waals surface area (Å²) in [6.45, 7) is 11.0. The van der Waals surface area contributed by atoms with Gasteiger partial charge in [0.2, 0.25) is 0 Å². The summed E-state index contributed by atoms with van der Waals surface area (Å²) in [5.74, 6) is 1.00. The molecule has 2 aliphatic rings. The predicted molar refractivity (Wildman–Crippen MR) is 141 cm³/mol. The van der Waals surface area contributed by atoms with Gasteiger partial charge in [-0.25, -0.2) is 8.42 Å². The quantitative estimate of drug-likeness (QED) is 0.248. The van der Waals surface area contributed by atoms with Crippen molar-refractivity contribution >= 4 is 45.5 Å². The Labute approximate surface area is 205 Å². The zero-order valence-corrected chi connectivity index (χ0v) is 22.2. The molecule has 1 N–H and O–H groups in total. The third-order valence-electron chi connectivity index (χ3n) is 6.23. The van der Waals surface area contributed by atoms with Crippen LogP contribution in [0.3, 0.4) is 0 Å². The topological polar surface area (TPSA) is 68.2 Å². The number of rotatable bonds is 6. The number of para-hydroxylation sites is 1.